The number of pyridine rings is 2. The van der Waals surface area contributed by atoms with Gasteiger partial charge in [-0.05, 0) is 83.9 Å². The van der Waals surface area contributed by atoms with Gasteiger partial charge in [-0.15, -0.1) is 0 Å². The van der Waals surface area contributed by atoms with Crippen LogP contribution in [0.25, 0.3) is 22.5 Å². The maximum atomic E-state index is 13.0. The highest BCUT2D eigenvalue weighted by atomic mass is 35.5. The van der Waals surface area contributed by atoms with Crippen molar-refractivity contribution in [3.63, 3.8) is 0 Å². The quantitative estimate of drug-likeness (QED) is 0.105. The Hall–Kier alpha value is -5.40. The Morgan fingerprint density at radius 3 is 1.51 bits per heavy atom. The zero-order valence-electron chi connectivity index (χ0n) is 30.0. The number of alkyl halides is 3. The zero-order valence-corrected chi connectivity index (χ0v) is 33.9. The molecule has 0 bridgehead atoms. The minimum Gasteiger partial charge on any atom is -0.326 e. The number of nitrogens with zero attached hydrogens (tertiary/aromatic N) is 2. The van der Waals surface area contributed by atoms with Crippen LogP contribution in [0, 0.1) is 0 Å². The van der Waals surface area contributed by atoms with Gasteiger partial charge in [0.15, 0.2) is 0 Å². The van der Waals surface area contributed by atoms with Crippen LogP contribution in [-0.4, -0.2) is 38.6 Å². The van der Waals surface area contributed by atoms with Gasteiger partial charge in [-0.1, -0.05) is 71.2 Å². The van der Waals surface area contributed by atoms with E-state index in [0.29, 0.717) is 43.1 Å². The number of nitrogens with one attached hydrogen (secondary N) is 2. The number of carbonyl (C=O) groups excluding carboxylic acids is 2. The maximum Gasteiger partial charge on any atom is 0.416 e. The summed E-state index contributed by atoms with van der Waals surface area (Å²) in [6, 6.07) is 26.4. The summed E-state index contributed by atoms with van der Waals surface area (Å²) in [5.74, 6) is -0.816. The molecule has 0 aliphatic heterocycles. The molecule has 59 heavy (non-hydrogen) atoms. The highest BCUT2D eigenvalue weighted by Crippen LogP contribution is 2.34. The number of sulfonamides is 2. The third kappa shape index (κ3) is 12.3. The molecule has 6 aromatic rings. The summed E-state index contributed by atoms with van der Waals surface area (Å²) in [6.45, 7) is 0. The molecule has 0 radical (unpaired) electrons. The van der Waals surface area contributed by atoms with Gasteiger partial charge in [-0.2, -0.15) is 13.2 Å². The van der Waals surface area contributed by atoms with E-state index in [2.05, 4.69) is 20.6 Å². The Morgan fingerprint density at radius 1 is 0.610 bits per heavy atom. The van der Waals surface area contributed by atoms with Crippen molar-refractivity contribution in [3.8, 4) is 22.5 Å². The molecule has 0 fully saturated rings. The number of anilines is 2. The lowest BCUT2D eigenvalue weighted by molar-refractivity contribution is -0.137. The van der Waals surface area contributed by atoms with Crippen molar-refractivity contribution in [1.29, 1.82) is 0 Å². The van der Waals surface area contributed by atoms with Gasteiger partial charge in [0.25, 0.3) is 0 Å². The first-order valence-corrected chi connectivity index (χ1v) is 21.0. The fraction of sp³-hybridized carbons (Fsp3) is 0.0769. The Kier molecular flexibility index (Phi) is 14.1. The Bertz CT molecular complexity index is 2760. The van der Waals surface area contributed by atoms with Crippen molar-refractivity contribution in [2.24, 2.45) is 10.3 Å². The molecule has 0 unspecified atom stereocenters. The second-order valence-corrected chi connectivity index (χ2v) is 16.7. The fourth-order valence-corrected chi connectivity index (χ4v) is 7.48. The Labute approximate surface area is 351 Å². The summed E-state index contributed by atoms with van der Waals surface area (Å²) in [5, 5.41) is 17.1. The molecule has 0 spiro atoms. The molecule has 12 nitrogen and oxygen atoms in total. The molecule has 0 aliphatic rings. The van der Waals surface area contributed by atoms with Gasteiger partial charge < -0.3 is 10.6 Å². The predicted molar refractivity (Wildman–Crippen MR) is 220 cm³/mol. The number of aromatic nitrogens is 2. The molecule has 0 atom stereocenters. The van der Waals surface area contributed by atoms with Crippen LogP contribution >= 0.6 is 34.8 Å². The largest absolute Gasteiger partial charge is 0.416 e. The van der Waals surface area contributed by atoms with E-state index >= 15 is 0 Å². The van der Waals surface area contributed by atoms with Gasteiger partial charge in [0.1, 0.15) is 0 Å². The monoisotopic (exact) mass is 904 g/mol. The number of carbonyl (C=O) groups is 2. The maximum absolute atomic E-state index is 13.0. The van der Waals surface area contributed by atoms with Crippen LogP contribution in [0.3, 0.4) is 0 Å². The van der Waals surface area contributed by atoms with Gasteiger partial charge in [0.05, 0.1) is 44.6 Å². The second-order valence-electron chi connectivity index (χ2n) is 12.4. The molecule has 2 heterocycles. The molecule has 2 amide bonds. The highest BCUT2D eigenvalue weighted by Gasteiger charge is 2.31. The van der Waals surface area contributed by atoms with Gasteiger partial charge >= 0.3 is 6.18 Å². The minimum absolute atomic E-state index is 0.0465. The number of hydrogen-bond acceptors (Lipinski definition) is 8. The normalized spacial score (nSPS) is 11.6. The highest BCUT2D eigenvalue weighted by molar-refractivity contribution is 7.89. The summed E-state index contributed by atoms with van der Waals surface area (Å²) in [5.41, 5.74) is 0.968. The van der Waals surface area contributed by atoms with Crippen molar-refractivity contribution in [1.82, 2.24) is 9.97 Å². The average molecular weight is 906 g/mol. The molecular formula is C39H30Cl3F3N6O6S2. The molecule has 2 aromatic heterocycles. The Balaban J connectivity index is 0.000000225. The van der Waals surface area contributed by atoms with Crippen molar-refractivity contribution in [2.75, 3.05) is 10.6 Å². The van der Waals surface area contributed by atoms with Crippen LogP contribution < -0.4 is 20.9 Å². The van der Waals surface area contributed by atoms with Crippen molar-refractivity contribution in [3.05, 3.63) is 153 Å². The van der Waals surface area contributed by atoms with E-state index in [1.54, 1.807) is 66.7 Å². The van der Waals surface area contributed by atoms with Gasteiger partial charge in [-0.25, -0.2) is 27.1 Å². The van der Waals surface area contributed by atoms with E-state index < -0.39 is 42.6 Å². The van der Waals surface area contributed by atoms with Crippen LogP contribution in [0.15, 0.2) is 131 Å². The van der Waals surface area contributed by atoms with Crippen molar-refractivity contribution in [2.45, 2.75) is 28.8 Å². The minimum atomic E-state index is -4.63. The number of nitrogens with two attached hydrogens (primary N) is 2. The molecule has 20 heteroatoms. The molecule has 0 saturated heterocycles. The van der Waals surface area contributed by atoms with Crippen LogP contribution in [0.2, 0.25) is 15.1 Å². The smallest absolute Gasteiger partial charge is 0.326 e. The van der Waals surface area contributed by atoms with Gasteiger partial charge in [0, 0.05) is 44.9 Å². The molecule has 4 aromatic carbocycles. The van der Waals surface area contributed by atoms with E-state index in [1.807, 2.05) is 0 Å². The summed E-state index contributed by atoms with van der Waals surface area (Å²) in [7, 11) is -8.41. The first-order chi connectivity index (χ1) is 27.7. The first kappa shape index (κ1) is 44.7. The summed E-state index contributed by atoms with van der Waals surface area (Å²) in [6.07, 6.45) is -2.33. The number of rotatable bonds is 10. The number of primary sulfonamides is 2. The molecule has 6 rings (SSSR count). The topological polar surface area (TPSA) is 204 Å². The summed E-state index contributed by atoms with van der Waals surface area (Å²) >= 11 is 17.9. The average Bonchev–Trinajstić information content (AvgIpc) is 3.16. The third-order valence-corrected chi connectivity index (χ3v) is 11.0. The fourth-order valence-electron chi connectivity index (χ4n) is 5.42. The molecule has 306 valence electrons. The Morgan fingerprint density at radius 2 is 1.08 bits per heavy atom. The zero-order chi connectivity index (χ0) is 43.1. The van der Waals surface area contributed by atoms with E-state index in [4.69, 9.17) is 45.1 Å². The van der Waals surface area contributed by atoms with Crippen LogP contribution in [0.1, 0.15) is 16.7 Å². The second kappa shape index (κ2) is 18.7. The summed E-state index contributed by atoms with van der Waals surface area (Å²) < 4.78 is 87.3. The van der Waals surface area contributed by atoms with E-state index in [9.17, 15) is 39.6 Å². The van der Waals surface area contributed by atoms with Crippen LogP contribution in [0.4, 0.5) is 24.5 Å². The molecule has 0 saturated carbocycles. The van der Waals surface area contributed by atoms with Gasteiger partial charge in [-0.3, -0.25) is 19.6 Å². The van der Waals surface area contributed by atoms with E-state index in [1.165, 1.54) is 30.5 Å². The lowest BCUT2D eigenvalue weighted by atomic mass is 10.1. The number of hydrogen-bond donors (Lipinski definition) is 4. The molecule has 6 N–H and O–H groups in total. The lowest BCUT2D eigenvalue weighted by Gasteiger charge is -2.13. The SMILES string of the molecule is NS(=O)(=O)c1cc(NC(=O)Cc2ccccc2Cl)ccc1-c1cc(C(F)(F)F)ccn1.NS(=O)(=O)c1cc(NC(=O)Cc2ccccc2Cl)ccc1-c1ccc(Cl)cn1. The first-order valence-electron chi connectivity index (χ1n) is 16.7. The lowest BCUT2D eigenvalue weighted by Crippen LogP contribution is -2.17. The van der Waals surface area contributed by atoms with Crippen molar-refractivity contribution < 1.29 is 39.6 Å². The van der Waals surface area contributed by atoms with E-state index in [0.717, 1.165) is 24.4 Å². The van der Waals surface area contributed by atoms with E-state index in [-0.39, 0.29) is 40.6 Å². The third-order valence-electron chi connectivity index (χ3n) is 8.13. The van der Waals surface area contributed by atoms with Crippen LogP contribution in [0.5, 0.6) is 0 Å². The molecular weight excluding hydrogens is 876 g/mol. The number of amides is 2. The number of halogens is 6. The van der Waals surface area contributed by atoms with Crippen LogP contribution in [-0.2, 0) is 48.7 Å². The standard InChI is InChI=1S/C20H15ClF3N3O3S.C19H15Cl2N3O3S/c21-16-4-2-1-3-12(16)9-19(28)27-14-5-6-15(18(11-14)31(25,29)30)17-10-13(7-8-26-17)20(22,23)24;20-13-5-8-17(23-11-13)15-7-6-14(10-18(15)28(22,26)27)24-19(25)9-12-3-1-2-4-16(12)21/h1-8,10-11H,9H2,(H,27,28)(H2,25,29,30);1-8,10-11H,9H2,(H,24,25)(H2,22,26,27). The van der Waals surface area contributed by atoms with Gasteiger partial charge in [0.2, 0.25) is 31.9 Å². The summed E-state index contributed by atoms with van der Waals surface area (Å²) in [4.78, 5) is 32.0. The predicted octanol–water partition coefficient (Wildman–Crippen LogP) is 8.13. The number of benzene rings is 4. The van der Waals surface area contributed by atoms with Crippen molar-refractivity contribution >= 4 is 78.0 Å². The molecule has 0 aliphatic carbocycles.